The van der Waals surface area contributed by atoms with Crippen LogP contribution in [0.3, 0.4) is 0 Å². The number of aryl methyl sites for hydroxylation is 2. The first-order valence-corrected chi connectivity index (χ1v) is 6.65. The third-order valence-electron chi connectivity index (χ3n) is 2.32. The Morgan fingerprint density at radius 1 is 1.10 bits per heavy atom. The molecule has 2 aromatic rings. The van der Waals surface area contributed by atoms with E-state index < -0.39 is 13.0 Å². The predicted molar refractivity (Wildman–Crippen MR) is 53.3 cm³/mol. The van der Waals surface area contributed by atoms with Crippen molar-refractivity contribution in [3.8, 4) is 0 Å². The predicted octanol–water partition coefficient (Wildman–Crippen LogP) is -5.57. The van der Waals surface area contributed by atoms with Gasteiger partial charge in [0.1, 0.15) is 0 Å². The number of fused-ring (bicyclic) bond motifs is 1. The van der Waals surface area contributed by atoms with E-state index in [1.165, 1.54) is 17.9 Å². The number of nitrogens with zero attached hydrogens (tertiary/aromatic N) is 4. The summed E-state index contributed by atoms with van der Waals surface area (Å²) in [6.45, 7) is 0. The van der Waals surface area contributed by atoms with Gasteiger partial charge in [-0.15, -0.1) is 0 Å². The van der Waals surface area contributed by atoms with Crippen molar-refractivity contribution >= 4 is 11.2 Å². The van der Waals surface area contributed by atoms with Crippen LogP contribution in [-0.4, -0.2) is 18.7 Å². The van der Waals surface area contributed by atoms with E-state index in [1.807, 2.05) is 0 Å². The van der Waals surface area contributed by atoms with Crippen LogP contribution in [0.1, 0.15) is 0 Å². The minimum atomic E-state index is -5.62. The van der Waals surface area contributed by atoms with E-state index in [0.29, 0.717) is 11.2 Å². The Morgan fingerprint density at radius 3 is 2.00 bits per heavy atom. The summed E-state index contributed by atoms with van der Waals surface area (Å²) in [5.74, 6) is 0. The van der Waals surface area contributed by atoms with Crippen LogP contribution in [0, 0.1) is 0 Å². The third kappa shape index (κ3) is 4.60. The van der Waals surface area contributed by atoms with Crippen LogP contribution in [0.15, 0.2) is 15.9 Å². The Kier molecular flexibility index (Phi) is 6.97. The van der Waals surface area contributed by atoms with Crippen LogP contribution in [0.2, 0.25) is 0 Å². The van der Waals surface area contributed by atoms with Crippen LogP contribution >= 0.6 is 0 Å². The summed E-state index contributed by atoms with van der Waals surface area (Å²) in [6, 6.07) is 0. The Balaban J connectivity index is 0.000000526. The number of imidazole rings is 1. The number of rotatable bonds is 0. The van der Waals surface area contributed by atoms with Crippen molar-refractivity contribution in [3.63, 3.8) is 0 Å². The number of hydrogen-bond donors (Lipinski definition) is 0. The Bertz CT molecular complexity index is 888. The van der Waals surface area contributed by atoms with Crippen LogP contribution in [0.25, 0.3) is 11.2 Å². The first kappa shape index (κ1) is 19.7. The molecule has 0 aliphatic carbocycles. The second-order valence-corrected chi connectivity index (χ2v) is 4.79. The van der Waals surface area contributed by atoms with Crippen molar-refractivity contribution in [3.05, 3.63) is 27.2 Å². The second kappa shape index (κ2) is 7.09. The van der Waals surface area contributed by atoms with E-state index in [2.05, 4.69) is 4.98 Å². The van der Waals surface area contributed by atoms with E-state index in [1.54, 1.807) is 18.7 Å². The van der Waals surface area contributed by atoms with Crippen molar-refractivity contribution < 1.29 is 80.0 Å². The van der Waals surface area contributed by atoms with E-state index in [9.17, 15) is 9.59 Å². The molecule has 106 valence electrons. The summed E-state index contributed by atoms with van der Waals surface area (Å²) in [4.78, 5) is 27.2. The van der Waals surface area contributed by atoms with Crippen LogP contribution < -0.4 is 66.8 Å². The zero-order chi connectivity index (χ0) is 15.0. The van der Waals surface area contributed by atoms with Gasteiger partial charge in [-0.05, 0) is 0 Å². The molecule has 0 unspecified atom stereocenters. The molecule has 2 aromatic heterocycles. The van der Waals surface area contributed by atoms with Gasteiger partial charge in [0.2, 0.25) is 0 Å². The summed E-state index contributed by atoms with van der Waals surface area (Å²) >= 11 is -5.62. The van der Waals surface area contributed by atoms with Gasteiger partial charge in [-0.25, -0.2) is 9.78 Å². The first-order chi connectivity index (χ1) is 8.54. The molecule has 0 bridgehead atoms. The quantitative estimate of drug-likeness (QED) is 0.431. The van der Waals surface area contributed by atoms with Gasteiger partial charge in [-0.2, -0.15) is 0 Å². The molecule has 0 amide bonds. The fourth-order valence-corrected chi connectivity index (χ4v) is 1.47. The first-order valence-electron chi connectivity index (χ1n) is 4.73. The van der Waals surface area contributed by atoms with Gasteiger partial charge < -0.3 is 4.57 Å². The van der Waals surface area contributed by atoms with Gasteiger partial charge in [-0.3, -0.25) is 13.9 Å². The van der Waals surface area contributed by atoms with Crippen LogP contribution in [0.4, 0.5) is 0 Å². The average Bonchev–Trinajstić information content (AvgIpc) is 2.63. The number of hydrogen-bond acceptors (Lipinski definition) is 7. The van der Waals surface area contributed by atoms with Gasteiger partial charge >= 0.3 is 85.7 Å². The summed E-state index contributed by atoms with van der Waals surface area (Å²) in [7, 11) is 4.77. The Morgan fingerprint density at radius 2 is 1.55 bits per heavy atom. The van der Waals surface area contributed by atoms with Crippen molar-refractivity contribution in [1.29, 1.82) is 0 Å². The topological polar surface area (TPSA) is 136 Å². The minimum absolute atomic E-state index is 0. The Hall–Kier alpha value is -0.334. The van der Waals surface area contributed by atoms with Crippen molar-refractivity contribution in [2.75, 3.05) is 0 Å². The summed E-state index contributed by atoms with van der Waals surface area (Å²) in [6.07, 6.45) is 1.52. The average molecular weight is 352 g/mol. The van der Waals surface area contributed by atoms with E-state index >= 15 is 0 Å². The molecule has 0 fully saturated rings. The van der Waals surface area contributed by atoms with Gasteiger partial charge in [-0.1, -0.05) is 0 Å². The fraction of sp³-hybridized carbons (Fsp3) is 0.375. The molecule has 0 atom stereocenters. The zero-order valence-electron chi connectivity index (χ0n) is 11.2. The summed E-state index contributed by atoms with van der Waals surface area (Å²) < 4.78 is 38.4. The second-order valence-electron chi connectivity index (χ2n) is 3.61. The molecule has 0 N–H and O–H groups in total. The van der Waals surface area contributed by atoms with Gasteiger partial charge in [0.25, 0.3) is 5.56 Å². The normalized spacial score (nSPS) is 10.6. The molecular formula is C8H10KMnN4O6. The zero-order valence-corrected chi connectivity index (χ0v) is 15.5. The van der Waals surface area contributed by atoms with Crippen LogP contribution in [-0.2, 0) is 45.6 Å². The standard InChI is InChI=1S/C8H10N4O2.K.Mn.4O/c1-10-4-9-6-5(10)7(13)12(3)8(14)11(6)2;;;;;;/h4H,1-3H3;;;;;;/q;+1;;;;;-1. The van der Waals surface area contributed by atoms with Gasteiger partial charge in [0.15, 0.2) is 11.2 Å². The molecule has 2 heterocycles. The van der Waals surface area contributed by atoms with Crippen molar-refractivity contribution in [1.82, 2.24) is 18.7 Å². The molecule has 10 nitrogen and oxygen atoms in total. The number of aromatic nitrogens is 4. The molecule has 0 aromatic carbocycles. The molecule has 12 heteroatoms. The molecule has 20 heavy (non-hydrogen) atoms. The molecule has 0 saturated carbocycles. The SMILES string of the molecule is Cn1c(=O)c2c(ncn2C)n(C)c1=O.[K+].[O]=[Mn](=[O])(=[O])[O-]. The van der Waals surface area contributed by atoms with E-state index in [-0.39, 0.29) is 62.6 Å². The monoisotopic (exact) mass is 352 g/mol. The summed E-state index contributed by atoms with van der Waals surface area (Å²) in [5, 5.41) is 0. The molecular weight excluding hydrogens is 342 g/mol. The molecule has 2 rings (SSSR count). The third-order valence-corrected chi connectivity index (χ3v) is 2.32. The molecule has 0 aliphatic heterocycles. The molecule has 0 aliphatic rings. The maximum absolute atomic E-state index is 11.7. The van der Waals surface area contributed by atoms with Crippen LogP contribution in [0.5, 0.6) is 0 Å². The van der Waals surface area contributed by atoms with Crippen molar-refractivity contribution in [2.24, 2.45) is 21.1 Å². The van der Waals surface area contributed by atoms with E-state index in [4.69, 9.17) is 15.7 Å². The van der Waals surface area contributed by atoms with Crippen molar-refractivity contribution in [2.45, 2.75) is 0 Å². The van der Waals surface area contributed by atoms with Gasteiger partial charge in [0.05, 0.1) is 6.33 Å². The molecule has 0 spiro atoms. The summed E-state index contributed by atoms with van der Waals surface area (Å²) in [5.41, 5.74) is 0.180. The fourth-order valence-electron chi connectivity index (χ4n) is 1.47. The van der Waals surface area contributed by atoms with Gasteiger partial charge in [0, 0.05) is 21.1 Å². The molecule has 0 radical (unpaired) electrons. The molecule has 0 saturated heterocycles. The Labute approximate surface area is 156 Å². The van der Waals surface area contributed by atoms with E-state index in [0.717, 1.165) is 4.57 Å². The maximum atomic E-state index is 11.7.